The molecule has 0 bridgehead atoms. The smallest absolute Gasteiger partial charge is 0.126 e. The highest BCUT2D eigenvalue weighted by molar-refractivity contribution is 5.52. The number of piperazine rings is 1. The number of methoxy groups -OCH3 is 1. The second-order valence-corrected chi connectivity index (χ2v) is 9.12. The van der Waals surface area contributed by atoms with Crippen LogP contribution in [0, 0.1) is 0 Å². The summed E-state index contributed by atoms with van der Waals surface area (Å²) in [5, 5.41) is 13.7. The van der Waals surface area contributed by atoms with Crippen molar-refractivity contribution in [1.29, 1.82) is 0 Å². The highest BCUT2D eigenvalue weighted by atomic mass is 16.6. The molecule has 1 aliphatic rings. The van der Waals surface area contributed by atoms with Crippen molar-refractivity contribution in [1.82, 2.24) is 15.3 Å². The zero-order chi connectivity index (χ0) is 26.5. The molecule has 1 aliphatic heterocycles. The van der Waals surface area contributed by atoms with Gasteiger partial charge in [-0.2, -0.15) is 5.48 Å². The molecule has 3 rings (SSSR count). The molecule has 1 saturated heterocycles. The number of hydroxylamine groups is 1. The Morgan fingerprint density at radius 3 is 2.14 bits per heavy atom. The molecule has 36 heavy (non-hydrogen) atoms. The van der Waals surface area contributed by atoms with Crippen LogP contribution in [0.25, 0.3) is 0 Å². The van der Waals surface area contributed by atoms with E-state index in [1.807, 2.05) is 13.0 Å². The third-order valence-electron chi connectivity index (χ3n) is 6.26. The maximum Gasteiger partial charge on any atom is 0.126 e. The van der Waals surface area contributed by atoms with E-state index >= 15 is 0 Å². The molecule has 2 aromatic rings. The van der Waals surface area contributed by atoms with Gasteiger partial charge in [0.2, 0.25) is 0 Å². The molecule has 2 aromatic carbocycles. The van der Waals surface area contributed by atoms with Gasteiger partial charge < -0.3 is 36.4 Å². The summed E-state index contributed by atoms with van der Waals surface area (Å²) >= 11 is 0. The molecule has 0 spiro atoms. The number of anilines is 1. The molecule has 0 saturated carbocycles. The summed E-state index contributed by atoms with van der Waals surface area (Å²) < 4.78 is 5.40. The zero-order valence-corrected chi connectivity index (χ0v) is 22.6. The van der Waals surface area contributed by atoms with E-state index < -0.39 is 6.17 Å². The molecule has 0 radical (unpaired) electrons. The van der Waals surface area contributed by atoms with Gasteiger partial charge in [0, 0.05) is 50.0 Å². The van der Waals surface area contributed by atoms with Gasteiger partial charge in [0.05, 0.1) is 20.4 Å². The van der Waals surface area contributed by atoms with Crippen molar-refractivity contribution in [2.24, 2.45) is 11.5 Å². The lowest BCUT2D eigenvalue weighted by atomic mass is 9.97. The van der Waals surface area contributed by atoms with Gasteiger partial charge in [-0.25, -0.2) is 0 Å². The fourth-order valence-corrected chi connectivity index (χ4v) is 4.13. The number of phenolic OH excluding ortho intramolecular Hbond substituents is 1. The molecule has 202 valence electrons. The van der Waals surface area contributed by atoms with Crippen molar-refractivity contribution in [3.05, 3.63) is 53.1 Å². The molecule has 0 amide bonds. The van der Waals surface area contributed by atoms with E-state index in [4.69, 9.17) is 16.2 Å². The molecule has 9 heteroatoms. The van der Waals surface area contributed by atoms with Gasteiger partial charge in [0.1, 0.15) is 17.7 Å². The maximum atomic E-state index is 10.4. The van der Waals surface area contributed by atoms with E-state index in [2.05, 4.69) is 70.5 Å². The van der Waals surface area contributed by atoms with Crippen LogP contribution in [0.15, 0.2) is 36.4 Å². The van der Waals surface area contributed by atoms with E-state index in [0.29, 0.717) is 24.6 Å². The lowest BCUT2D eigenvalue weighted by Gasteiger charge is -2.34. The summed E-state index contributed by atoms with van der Waals surface area (Å²) in [5.41, 5.74) is 17.8. The van der Waals surface area contributed by atoms with Gasteiger partial charge in [-0.05, 0) is 48.7 Å². The molecule has 1 fully saturated rings. The molecule has 1 unspecified atom stereocenters. The number of ether oxygens (including phenoxy) is 1. The summed E-state index contributed by atoms with van der Waals surface area (Å²) in [5.74, 6) is 1.09. The number of likely N-dealkylation sites (N-methyl/N-ethyl adjacent to an activating group) is 1. The van der Waals surface area contributed by atoms with E-state index in [0.717, 1.165) is 50.5 Å². The molecule has 1 atom stereocenters. The van der Waals surface area contributed by atoms with E-state index in [1.54, 1.807) is 13.2 Å². The number of nitrogens with zero attached hydrogens (tertiary/aromatic N) is 2. The predicted molar refractivity (Wildman–Crippen MR) is 147 cm³/mol. The predicted octanol–water partition coefficient (Wildman–Crippen LogP) is 3.17. The molecule has 1 heterocycles. The number of benzene rings is 2. The van der Waals surface area contributed by atoms with E-state index in [-0.39, 0.29) is 11.7 Å². The van der Waals surface area contributed by atoms with Crippen LogP contribution in [0.2, 0.25) is 0 Å². The number of hydrogen-bond acceptors (Lipinski definition) is 9. The molecule has 7 N–H and O–H groups in total. The molecule has 0 aliphatic carbocycles. The fraction of sp³-hybridized carbons (Fsp3) is 0.556. The number of phenols is 1. The Morgan fingerprint density at radius 2 is 1.64 bits per heavy atom. The number of nitrogens with two attached hydrogens (primary N) is 2. The Kier molecular flexibility index (Phi) is 13.0. The molecular weight excluding hydrogens is 456 g/mol. The molecule has 0 aromatic heterocycles. The number of aromatic hydroxyl groups is 1. The average molecular weight is 503 g/mol. The largest absolute Gasteiger partial charge is 0.507 e. The minimum Gasteiger partial charge on any atom is -0.507 e. The van der Waals surface area contributed by atoms with Crippen molar-refractivity contribution < 1.29 is 14.7 Å². The highest BCUT2D eigenvalue weighted by Crippen LogP contribution is 2.35. The van der Waals surface area contributed by atoms with Crippen molar-refractivity contribution in [3.8, 4) is 11.5 Å². The van der Waals surface area contributed by atoms with E-state index in [9.17, 15) is 5.11 Å². The second kappa shape index (κ2) is 15.7. The van der Waals surface area contributed by atoms with Crippen LogP contribution < -0.4 is 27.0 Å². The number of nitrogens with one attached hydrogen (secondary N) is 2. The Hall–Kier alpha value is -2.40. The van der Waals surface area contributed by atoms with Crippen molar-refractivity contribution >= 4 is 5.69 Å². The van der Waals surface area contributed by atoms with Gasteiger partial charge in [0.25, 0.3) is 0 Å². The quantitative estimate of drug-likeness (QED) is 0.179. The average Bonchev–Trinajstić information content (AvgIpc) is 2.88. The summed E-state index contributed by atoms with van der Waals surface area (Å²) in [6.07, 6.45) is -0.513. The Bertz CT molecular complexity index is 882. The van der Waals surface area contributed by atoms with Crippen molar-refractivity contribution in [3.63, 3.8) is 0 Å². The SMILES string of the molecule is CCN1CCN(Cc2ccc(NC(N)c3cc(C(C)C)c(OC)cc3O)cc2)CC1.CCONCN. The van der Waals surface area contributed by atoms with E-state index in [1.165, 1.54) is 5.56 Å². The zero-order valence-electron chi connectivity index (χ0n) is 22.6. The first-order valence-electron chi connectivity index (χ1n) is 12.8. The van der Waals surface area contributed by atoms with Crippen LogP contribution in [0.5, 0.6) is 11.5 Å². The van der Waals surface area contributed by atoms with Gasteiger partial charge in [-0.1, -0.05) is 32.9 Å². The fourth-order valence-electron chi connectivity index (χ4n) is 4.13. The van der Waals surface area contributed by atoms with Gasteiger partial charge in [0.15, 0.2) is 0 Å². The van der Waals surface area contributed by atoms with Crippen LogP contribution in [-0.2, 0) is 11.4 Å². The Labute approximate surface area is 216 Å². The monoisotopic (exact) mass is 502 g/mol. The van der Waals surface area contributed by atoms with Gasteiger partial charge in [-0.3, -0.25) is 4.90 Å². The lowest BCUT2D eigenvalue weighted by Crippen LogP contribution is -2.45. The van der Waals surface area contributed by atoms with Crippen LogP contribution in [0.3, 0.4) is 0 Å². The van der Waals surface area contributed by atoms with Crippen LogP contribution >= 0.6 is 0 Å². The van der Waals surface area contributed by atoms with Gasteiger partial charge >= 0.3 is 0 Å². The first kappa shape index (κ1) is 29.8. The summed E-state index contributed by atoms with van der Waals surface area (Å²) in [7, 11) is 1.61. The number of rotatable bonds is 11. The highest BCUT2D eigenvalue weighted by Gasteiger charge is 2.18. The molecule has 9 nitrogen and oxygen atoms in total. The third kappa shape index (κ3) is 9.24. The standard InChI is InChI=1S/C24H36N4O2.C3H10N2O/c1-5-27-10-12-28(13-11-27)16-18-6-8-19(9-7-18)26-24(25)21-14-20(17(2)3)23(30-4)15-22(21)29;1-2-6-5-3-4/h6-9,14-15,17,24,26,29H,5,10-13,16,25H2,1-4H3;5H,2-4H2,1H3. The van der Waals surface area contributed by atoms with Crippen LogP contribution in [-0.4, -0.2) is 68.0 Å². The minimum atomic E-state index is -0.513. The lowest BCUT2D eigenvalue weighted by molar-refractivity contribution is 0.0528. The summed E-state index contributed by atoms with van der Waals surface area (Å²) in [6.45, 7) is 16.0. The minimum absolute atomic E-state index is 0.138. The topological polar surface area (TPSA) is 121 Å². The second-order valence-electron chi connectivity index (χ2n) is 9.12. The third-order valence-corrected chi connectivity index (χ3v) is 6.26. The van der Waals surface area contributed by atoms with Gasteiger partial charge in [-0.15, -0.1) is 0 Å². The summed E-state index contributed by atoms with van der Waals surface area (Å²) in [6, 6.07) is 12.0. The first-order chi connectivity index (χ1) is 17.3. The molecular formula is C27H46N6O3. The normalized spacial score (nSPS) is 15.3. The van der Waals surface area contributed by atoms with Crippen molar-refractivity contribution in [2.75, 3.05) is 58.4 Å². The van der Waals surface area contributed by atoms with Crippen LogP contribution in [0.4, 0.5) is 5.69 Å². The first-order valence-corrected chi connectivity index (χ1v) is 12.8. The number of hydrogen-bond donors (Lipinski definition) is 5. The summed E-state index contributed by atoms with van der Waals surface area (Å²) in [4.78, 5) is 9.60. The van der Waals surface area contributed by atoms with Crippen LogP contribution in [0.1, 0.15) is 56.5 Å². The Morgan fingerprint density at radius 1 is 1.00 bits per heavy atom. The maximum absolute atomic E-state index is 10.4. The Balaban J connectivity index is 0.000000678. The van der Waals surface area contributed by atoms with Crippen molar-refractivity contribution in [2.45, 2.75) is 46.3 Å².